The van der Waals surface area contributed by atoms with Crippen molar-refractivity contribution in [3.05, 3.63) is 53.9 Å². The first-order valence-electron chi connectivity index (χ1n) is 11.8. The summed E-state index contributed by atoms with van der Waals surface area (Å²) >= 11 is 0. The van der Waals surface area contributed by atoms with Gasteiger partial charge in [-0.2, -0.15) is 5.26 Å². The number of aromatic nitrogens is 2. The number of anilines is 1. The molecule has 1 N–H and O–H groups in total. The molecule has 33 heavy (non-hydrogen) atoms. The minimum atomic E-state index is 0.0365. The fourth-order valence-corrected chi connectivity index (χ4v) is 5.86. The number of nitrogens with zero attached hydrogens (tertiary/aromatic N) is 6. The summed E-state index contributed by atoms with van der Waals surface area (Å²) in [5.74, 6) is 0.611. The van der Waals surface area contributed by atoms with Crippen molar-refractivity contribution in [2.45, 2.75) is 51.4 Å². The largest absolute Gasteiger partial charge is 0.335 e. The molecule has 2 aromatic rings. The van der Waals surface area contributed by atoms with Crippen LogP contribution in [0.25, 0.3) is 0 Å². The highest BCUT2D eigenvalue weighted by atomic mass is 16.2. The number of hydrogen-bond donors (Lipinski definition) is 1. The van der Waals surface area contributed by atoms with Crippen molar-refractivity contribution in [3.8, 4) is 6.07 Å². The third kappa shape index (κ3) is 4.38. The predicted octanol–water partition coefficient (Wildman–Crippen LogP) is 2.62. The highest BCUT2D eigenvalue weighted by molar-refractivity contribution is 5.75. The zero-order valence-corrected chi connectivity index (χ0v) is 19.3. The van der Waals surface area contributed by atoms with E-state index in [9.17, 15) is 4.79 Å². The first kappa shape index (κ1) is 21.7. The second kappa shape index (κ2) is 8.64. The van der Waals surface area contributed by atoms with Crippen LogP contribution in [0.2, 0.25) is 0 Å². The molecule has 0 bridgehead atoms. The number of rotatable bonds is 4. The van der Waals surface area contributed by atoms with Crippen molar-refractivity contribution in [1.29, 1.82) is 5.26 Å². The van der Waals surface area contributed by atoms with Crippen LogP contribution in [0.5, 0.6) is 0 Å². The van der Waals surface area contributed by atoms with Gasteiger partial charge in [0.05, 0.1) is 18.0 Å². The molecule has 8 nitrogen and oxygen atoms in total. The van der Waals surface area contributed by atoms with Gasteiger partial charge in [0.1, 0.15) is 6.07 Å². The Morgan fingerprint density at radius 1 is 1.12 bits per heavy atom. The smallest absolute Gasteiger partial charge is 0.317 e. The average Bonchev–Trinajstić information content (AvgIpc) is 2.76. The normalized spacial score (nSPS) is 24.6. The van der Waals surface area contributed by atoms with E-state index in [1.54, 1.807) is 12.4 Å². The predicted molar refractivity (Wildman–Crippen MR) is 125 cm³/mol. The molecular formula is C25H31N7O. The second-order valence-corrected chi connectivity index (χ2v) is 10.1. The van der Waals surface area contributed by atoms with Gasteiger partial charge < -0.3 is 15.1 Å². The fourth-order valence-electron chi connectivity index (χ4n) is 5.86. The molecule has 172 valence electrons. The van der Waals surface area contributed by atoms with Crippen molar-refractivity contribution < 1.29 is 4.79 Å². The van der Waals surface area contributed by atoms with Crippen LogP contribution < -0.4 is 10.2 Å². The lowest BCUT2D eigenvalue weighted by molar-refractivity contribution is -0.0810. The summed E-state index contributed by atoms with van der Waals surface area (Å²) < 4.78 is 0. The average molecular weight is 446 g/mol. The zero-order chi connectivity index (χ0) is 23.0. The van der Waals surface area contributed by atoms with Crippen LogP contribution in [0.3, 0.4) is 0 Å². The van der Waals surface area contributed by atoms with Crippen molar-refractivity contribution in [2.75, 3.05) is 31.1 Å². The molecule has 1 aromatic heterocycles. The number of likely N-dealkylation sites (tertiary alicyclic amines) is 1. The third-order valence-electron chi connectivity index (χ3n) is 7.26. The van der Waals surface area contributed by atoms with Crippen LogP contribution in [0.4, 0.5) is 10.7 Å². The van der Waals surface area contributed by atoms with Crippen molar-refractivity contribution >= 4 is 12.0 Å². The first-order chi connectivity index (χ1) is 15.9. The molecule has 2 amide bonds. The zero-order valence-electron chi connectivity index (χ0n) is 19.3. The van der Waals surface area contributed by atoms with Crippen LogP contribution in [0.1, 0.15) is 37.8 Å². The van der Waals surface area contributed by atoms with E-state index in [-0.39, 0.29) is 24.2 Å². The van der Waals surface area contributed by atoms with Crippen molar-refractivity contribution in [1.82, 2.24) is 25.1 Å². The number of benzene rings is 1. The molecule has 1 aliphatic carbocycles. The molecule has 3 heterocycles. The maximum Gasteiger partial charge on any atom is 0.317 e. The van der Waals surface area contributed by atoms with E-state index in [1.165, 1.54) is 5.56 Å². The van der Waals surface area contributed by atoms with Gasteiger partial charge in [0, 0.05) is 50.8 Å². The molecule has 8 heteroatoms. The highest BCUT2D eigenvalue weighted by Gasteiger charge is 2.52. The number of nitriles is 1. The summed E-state index contributed by atoms with van der Waals surface area (Å²) in [4.78, 5) is 28.2. The summed E-state index contributed by atoms with van der Waals surface area (Å²) in [7, 11) is 0. The number of amides is 2. The molecule has 0 radical (unpaired) electrons. The summed E-state index contributed by atoms with van der Waals surface area (Å²) in [5, 5.41) is 12.2. The monoisotopic (exact) mass is 445 g/mol. The molecule has 2 saturated heterocycles. The molecule has 3 aliphatic rings. The van der Waals surface area contributed by atoms with Gasteiger partial charge in [0.2, 0.25) is 5.95 Å². The van der Waals surface area contributed by atoms with Gasteiger partial charge in [-0.1, -0.05) is 30.3 Å². The molecule has 2 aliphatic heterocycles. The van der Waals surface area contributed by atoms with Gasteiger partial charge in [-0.15, -0.1) is 0 Å². The molecule has 3 fully saturated rings. The Morgan fingerprint density at radius 2 is 1.76 bits per heavy atom. The highest BCUT2D eigenvalue weighted by Crippen LogP contribution is 2.48. The Kier molecular flexibility index (Phi) is 5.67. The van der Waals surface area contributed by atoms with E-state index in [2.05, 4.69) is 75.3 Å². The first-order valence-corrected chi connectivity index (χ1v) is 11.8. The molecule has 5 rings (SSSR count). The maximum absolute atomic E-state index is 13.0. The lowest BCUT2D eigenvalue weighted by Crippen LogP contribution is -2.67. The van der Waals surface area contributed by atoms with Gasteiger partial charge in [-0.25, -0.2) is 14.8 Å². The van der Waals surface area contributed by atoms with E-state index < -0.39 is 0 Å². The molecular weight excluding hydrogens is 414 g/mol. The third-order valence-corrected chi connectivity index (χ3v) is 7.26. The second-order valence-electron chi connectivity index (χ2n) is 10.1. The summed E-state index contributed by atoms with van der Waals surface area (Å²) in [5.41, 5.74) is 2.22. The Hall–Kier alpha value is -3.18. The van der Waals surface area contributed by atoms with Crippen LogP contribution in [0.15, 0.2) is 42.7 Å². The van der Waals surface area contributed by atoms with E-state index in [0.29, 0.717) is 30.0 Å². The molecule has 1 aromatic carbocycles. The number of carbonyl (C=O) groups excluding carboxylic acids is 1. The van der Waals surface area contributed by atoms with Gasteiger partial charge >= 0.3 is 6.03 Å². The minimum Gasteiger partial charge on any atom is -0.335 e. The number of nitrogens with one attached hydrogen (secondary N) is 1. The molecule has 2 atom stereocenters. The summed E-state index contributed by atoms with van der Waals surface area (Å²) in [6.07, 6.45) is 5.26. The summed E-state index contributed by atoms with van der Waals surface area (Å²) in [6, 6.07) is 13.2. The molecule has 0 unspecified atom stereocenters. The van der Waals surface area contributed by atoms with Crippen molar-refractivity contribution in [2.24, 2.45) is 5.41 Å². The topological polar surface area (TPSA) is 88.4 Å². The standard InChI is InChI=1S/C25H31N7O/c1-18-13-31(14-19(2)32(18)23-27-11-21(10-26)12-28-23)24(33)29-22-8-25(9-22)16-30(17-25)15-20-6-4-3-5-7-20/h3-7,11-12,18-19,22H,8-9,13-17H2,1-2H3,(H,29,33)/t18-,19-/m1/s1. The van der Waals surface area contributed by atoms with Crippen LogP contribution in [0, 0.1) is 16.7 Å². The molecule has 1 saturated carbocycles. The fraction of sp³-hybridized carbons (Fsp3) is 0.520. The van der Waals surface area contributed by atoms with E-state index in [1.807, 2.05) is 4.90 Å². The van der Waals surface area contributed by atoms with E-state index >= 15 is 0 Å². The van der Waals surface area contributed by atoms with E-state index in [4.69, 9.17) is 5.26 Å². The van der Waals surface area contributed by atoms with Crippen LogP contribution >= 0.6 is 0 Å². The van der Waals surface area contributed by atoms with E-state index in [0.717, 1.165) is 32.5 Å². The lowest BCUT2D eigenvalue weighted by atomic mass is 9.60. The van der Waals surface area contributed by atoms with Gasteiger partial charge in [-0.05, 0) is 37.7 Å². The molecule has 1 spiro atoms. The van der Waals surface area contributed by atoms with Crippen LogP contribution in [-0.2, 0) is 6.54 Å². The number of carbonyl (C=O) groups is 1. The van der Waals surface area contributed by atoms with Crippen molar-refractivity contribution in [3.63, 3.8) is 0 Å². The minimum absolute atomic E-state index is 0.0365. The Balaban J connectivity index is 1.08. The number of urea groups is 1. The quantitative estimate of drug-likeness (QED) is 0.778. The Morgan fingerprint density at radius 3 is 2.36 bits per heavy atom. The maximum atomic E-state index is 13.0. The number of piperazine rings is 1. The van der Waals surface area contributed by atoms with Gasteiger partial charge in [-0.3, -0.25) is 4.90 Å². The summed E-state index contributed by atoms with van der Waals surface area (Å²) in [6.45, 7) is 8.71. The van der Waals surface area contributed by atoms with Gasteiger partial charge in [0.25, 0.3) is 0 Å². The van der Waals surface area contributed by atoms with Crippen LogP contribution in [-0.4, -0.2) is 70.1 Å². The Bertz CT molecular complexity index is 1010. The number of hydrogen-bond acceptors (Lipinski definition) is 6. The Labute approximate surface area is 195 Å². The van der Waals surface area contributed by atoms with Gasteiger partial charge in [0.15, 0.2) is 0 Å². The SMILES string of the molecule is C[C@@H]1CN(C(=O)NC2CC3(C2)CN(Cc2ccccc2)C3)C[C@@H](C)N1c1ncc(C#N)cn1. The lowest BCUT2D eigenvalue weighted by Gasteiger charge is -2.59.